The van der Waals surface area contributed by atoms with Crippen LogP contribution in [0.5, 0.6) is 0 Å². The number of esters is 1. The summed E-state index contributed by atoms with van der Waals surface area (Å²) in [7, 11) is -4.52. The summed E-state index contributed by atoms with van der Waals surface area (Å²) in [4.78, 5) is 28.8. The van der Waals surface area contributed by atoms with E-state index >= 15 is 0 Å². The van der Waals surface area contributed by atoms with Crippen molar-refractivity contribution in [3.05, 3.63) is 78.4 Å². The number of carbonyl (C=O) groups is 2. The Labute approximate surface area is 228 Å². The molecule has 206 valence electrons. The molecule has 4 rings (SSSR count). The van der Waals surface area contributed by atoms with Gasteiger partial charge < -0.3 is 4.74 Å². The molecule has 0 saturated carbocycles. The molecular formula is C27H25F3N2O5S2. The Kier molecular flexibility index (Phi) is 8.38. The van der Waals surface area contributed by atoms with Crippen LogP contribution in [0.15, 0.2) is 87.5 Å². The maximum Gasteiger partial charge on any atom is 0.416 e. The Hall–Kier alpha value is -3.35. The first-order valence-electron chi connectivity index (χ1n) is 11.9. The molecule has 0 spiro atoms. The number of carbonyl (C=O) groups excluding carboxylic acids is 2. The van der Waals surface area contributed by atoms with Crippen molar-refractivity contribution >= 4 is 45.0 Å². The second kappa shape index (κ2) is 11.4. The van der Waals surface area contributed by atoms with Crippen molar-refractivity contribution in [1.29, 1.82) is 0 Å². The van der Waals surface area contributed by atoms with Crippen molar-refractivity contribution in [3.63, 3.8) is 0 Å². The van der Waals surface area contributed by atoms with Crippen LogP contribution in [0.4, 0.5) is 24.5 Å². The van der Waals surface area contributed by atoms with Gasteiger partial charge in [-0.05, 0) is 54.8 Å². The van der Waals surface area contributed by atoms with E-state index in [-0.39, 0.29) is 12.3 Å². The first kappa shape index (κ1) is 28.7. The van der Waals surface area contributed by atoms with Gasteiger partial charge in [0.15, 0.2) is 6.61 Å². The molecular weight excluding hydrogens is 553 g/mol. The number of sulfonamides is 1. The lowest BCUT2D eigenvalue weighted by Crippen LogP contribution is -2.44. The van der Waals surface area contributed by atoms with Gasteiger partial charge in [0.2, 0.25) is 10.0 Å². The van der Waals surface area contributed by atoms with E-state index in [0.717, 1.165) is 28.0 Å². The SMILES string of the molecule is CC(C)C[C@@H](NS(=O)(=O)c1cccc(C(F)(F)F)c1)C(=O)OCC(=O)N1c2ccccc2Sc2ccccc21. The van der Waals surface area contributed by atoms with Crippen molar-refractivity contribution in [2.75, 3.05) is 11.5 Å². The number of alkyl halides is 3. The third kappa shape index (κ3) is 6.63. The topological polar surface area (TPSA) is 92.8 Å². The highest BCUT2D eigenvalue weighted by atomic mass is 32.2. The summed E-state index contributed by atoms with van der Waals surface area (Å²) in [5.41, 5.74) is 0.0941. The lowest BCUT2D eigenvalue weighted by atomic mass is 10.1. The zero-order chi connectivity index (χ0) is 28.4. The van der Waals surface area contributed by atoms with E-state index in [9.17, 15) is 31.2 Å². The van der Waals surface area contributed by atoms with Crippen LogP contribution in [0.1, 0.15) is 25.8 Å². The van der Waals surface area contributed by atoms with Crippen LogP contribution in [-0.4, -0.2) is 32.9 Å². The number of rotatable bonds is 8. The summed E-state index contributed by atoms with van der Waals surface area (Å²) in [5, 5.41) is 0. The number of nitrogens with one attached hydrogen (secondary N) is 1. The minimum Gasteiger partial charge on any atom is -0.454 e. The van der Waals surface area contributed by atoms with Gasteiger partial charge in [-0.15, -0.1) is 0 Å². The minimum atomic E-state index is -4.74. The molecule has 1 amide bonds. The van der Waals surface area contributed by atoms with Crippen LogP contribution >= 0.6 is 11.8 Å². The lowest BCUT2D eigenvalue weighted by Gasteiger charge is -2.31. The number of nitrogens with zero attached hydrogens (tertiary/aromatic N) is 1. The van der Waals surface area contributed by atoms with Crippen molar-refractivity contribution in [2.45, 2.75) is 47.2 Å². The summed E-state index contributed by atoms with van der Waals surface area (Å²) >= 11 is 1.50. The quantitative estimate of drug-likeness (QED) is 0.341. The Morgan fingerprint density at radius 3 is 2.10 bits per heavy atom. The van der Waals surface area contributed by atoms with Crippen LogP contribution in [0.25, 0.3) is 0 Å². The Morgan fingerprint density at radius 2 is 1.54 bits per heavy atom. The molecule has 0 saturated heterocycles. The van der Waals surface area contributed by atoms with Crippen molar-refractivity contribution in [3.8, 4) is 0 Å². The van der Waals surface area contributed by atoms with Gasteiger partial charge in [0.1, 0.15) is 6.04 Å². The standard InChI is InChI=1S/C27H25F3N2O5S2/c1-17(2)14-20(31-39(35,36)19-9-7-8-18(15-19)27(28,29)30)26(34)37-16-25(33)32-21-10-3-5-12-23(21)38-24-13-6-4-11-22(24)32/h3-13,15,17,20,31H,14,16H2,1-2H3/t20-/m1/s1. The number of hydrogen-bond acceptors (Lipinski definition) is 6. The maximum atomic E-state index is 13.3. The molecule has 1 heterocycles. The Morgan fingerprint density at radius 1 is 0.949 bits per heavy atom. The predicted molar refractivity (Wildman–Crippen MR) is 140 cm³/mol. The first-order valence-corrected chi connectivity index (χ1v) is 14.2. The largest absolute Gasteiger partial charge is 0.454 e. The van der Waals surface area contributed by atoms with Crippen LogP contribution in [0.3, 0.4) is 0 Å². The average Bonchev–Trinajstić information content (AvgIpc) is 2.89. The van der Waals surface area contributed by atoms with E-state index in [2.05, 4.69) is 4.72 Å². The normalized spacial score (nSPS) is 13.9. The molecule has 0 bridgehead atoms. The first-order chi connectivity index (χ1) is 18.4. The molecule has 3 aromatic carbocycles. The number of fused-ring (bicyclic) bond motifs is 2. The molecule has 0 radical (unpaired) electrons. The van der Waals surface area contributed by atoms with E-state index in [1.807, 2.05) is 24.3 Å². The summed E-state index contributed by atoms with van der Waals surface area (Å²) in [6.07, 6.45) is -4.75. The van der Waals surface area contributed by atoms with Crippen molar-refractivity contribution < 1.29 is 35.9 Å². The smallest absolute Gasteiger partial charge is 0.416 e. The third-order valence-electron chi connectivity index (χ3n) is 5.78. The average molecular weight is 579 g/mol. The van der Waals surface area contributed by atoms with Gasteiger partial charge in [-0.1, -0.05) is 55.9 Å². The van der Waals surface area contributed by atoms with E-state index in [4.69, 9.17) is 4.74 Å². The molecule has 39 heavy (non-hydrogen) atoms. The zero-order valence-corrected chi connectivity index (χ0v) is 22.6. The predicted octanol–water partition coefficient (Wildman–Crippen LogP) is 5.77. The van der Waals surface area contributed by atoms with Gasteiger partial charge in [-0.3, -0.25) is 14.5 Å². The van der Waals surface area contributed by atoms with Crippen molar-refractivity contribution in [1.82, 2.24) is 4.72 Å². The second-order valence-corrected chi connectivity index (χ2v) is 12.0. The van der Waals surface area contributed by atoms with Crippen LogP contribution in [-0.2, 0) is 30.5 Å². The molecule has 3 aromatic rings. The molecule has 0 aliphatic carbocycles. The molecule has 0 aromatic heterocycles. The fourth-order valence-electron chi connectivity index (χ4n) is 4.03. The number of amides is 1. The third-order valence-corrected chi connectivity index (χ3v) is 8.38. The van der Waals surface area contributed by atoms with Gasteiger partial charge in [-0.25, -0.2) is 8.42 Å². The van der Waals surface area contributed by atoms with Gasteiger partial charge in [0, 0.05) is 9.79 Å². The minimum absolute atomic E-state index is 0.00274. The molecule has 1 aliphatic heterocycles. The van der Waals surface area contributed by atoms with Crippen LogP contribution in [0.2, 0.25) is 0 Å². The monoisotopic (exact) mass is 578 g/mol. The van der Waals surface area contributed by atoms with Gasteiger partial charge in [0.25, 0.3) is 5.91 Å². The molecule has 1 aliphatic rings. The number of halogens is 3. The zero-order valence-electron chi connectivity index (χ0n) is 20.9. The molecule has 1 atom stereocenters. The maximum absolute atomic E-state index is 13.3. The fourth-order valence-corrected chi connectivity index (χ4v) is 6.33. The van der Waals surface area contributed by atoms with E-state index in [1.165, 1.54) is 16.7 Å². The van der Waals surface area contributed by atoms with Gasteiger partial charge >= 0.3 is 12.1 Å². The fraction of sp³-hybridized carbons (Fsp3) is 0.259. The number of para-hydroxylation sites is 2. The summed E-state index contributed by atoms with van der Waals surface area (Å²) in [6, 6.07) is 16.3. The summed E-state index contributed by atoms with van der Waals surface area (Å²) in [5.74, 6) is -1.74. The Balaban J connectivity index is 1.52. The number of ether oxygens (including phenoxy) is 1. The summed E-state index contributed by atoms with van der Waals surface area (Å²) < 4.78 is 72.6. The highest BCUT2D eigenvalue weighted by Crippen LogP contribution is 2.47. The van der Waals surface area contributed by atoms with Crippen molar-refractivity contribution in [2.24, 2.45) is 5.92 Å². The highest BCUT2D eigenvalue weighted by molar-refractivity contribution is 7.99. The van der Waals surface area contributed by atoms with Crippen LogP contribution in [0, 0.1) is 5.92 Å². The number of hydrogen-bond donors (Lipinski definition) is 1. The highest BCUT2D eigenvalue weighted by Gasteiger charge is 2.34. The van der Waals surface area contributed by atoms with E-state index in [1.54, 1.807) is 38.1 Å². The lowest BCUT2D eigenvalue weighted by molar-refractivity contribution is -0.149. The molecule has 7 nitrogen and oxygen atoms in total. The van der Waals surface area contributed by atoms with Crippen LogP contribution < -0.4 is 9.62 Å². The number of anilines is 2. The molecule has 0 unspecified atom stereocenters. The van der Waals surface area contributed by atoms with Gasteiger partial charge in [-0.2, -0.15) is 17.9 Å². The van der Waals surface area contributed by atoms with E-state index in [0.29, 0.717) is 17.4 Å². The van der Waals surface area contributed by atoms with E-state index < -0.39 is 51.2 Å². The molecule has 1 N–H and O–H groups in total. The molecule has 0 fully saturated rings. The number of benzene rings is 3. The summed E-state index contributed by atoms with van der Waals surface area (Å²) in [6.45, 7) is 2.80. The Bertz CT molecular complexity index is 1450. The second-order valence-electron chi connectivity index (χ2n) is 9.20. The van der Waals surface area contributed by atoms with Gasteiger partial charge in [0.05, 0.1) is 21.8 Å². The molecule has 12 heteroatoms.